The molecule has 0 saturated carbocycles. The number of anilines is 1. The van der Waals surface area contributed by atoms with E-state index in [2.05, 4.69) is 43.1 Å². The van der Waals surface area contributed by atoms with E-state index in [0.29, 0.717) is 5.92 Å². The quantitative estimate of drug-likeness (QED) is 0.818. The van der Waals surface area contributed by atoms with Crippen LogP contribution in [0.1, 0.15) is 45.6 Å². The van der Waals surface area contributed by atoms with Gasteiger partial charge < -0.3 is 10.2 Å². The molecule has 0 amide bonds. The predicted octanol–water partition coefficient (Wildman–Crippen LogP) is 4.71. The molecule has 1 fully saturated rings. The second-order valence-corrected chi connectivity index (χ2v) is 7.01. The highest BCUT2D eigenvalue weighted by Crippen LogP contribution is 2.31. The Balaban J connectivity index is 2.06. The van der Waals surface area contributed by atoms with E-state index in [1.54, 1.807) is 0 Å². The Morgan fingerprint density at radius 2 is 2.00 bits per heavy atom. The molecule has 3 heteroatoms. The second-order valence-electron chi connectivity index (χ2n) is 6.60. The van der Waals surface area contributed by atoms with Crippen LogP contribution in [0.25, 0.3) is 0 Å². The van der Waals surface area contributed by atoms with Crippen molar-refractivity contribution < 1.29 is 0 Å². The third-order valence-corrected chi connectivity index (χ3v) is 4.84. The summed E-state index contributed by atoms with van der Waals surface area (Å²) in [6.07, 6.45) is 3.93. The fourth-order valence-corrected chi connectivity index (χ4v) is 3.32. The highest BCUT2D eigenvalue weighted by atomic mass is 35.5. The summed E-state index contributed by atoms with van der Waals surface area (Å²) in [6.45, 7) is 11.0. The third-order valence-electron chi connectivity index (χ3n) is 4.48. The molecule has 1 aromatic rings. The first kappa shape index (κ1) is 16.6. The molecular formula is C18H29ClN2. The highest BCUT2D eigenvalue weighted by molar-refractivity contribution is 6.31. The van der Waals surface area contributed by atoms with Crippen LogP contribution in [0.2, 0.25) is 5.02 Å². The Morgan fingerprint density at radius 1 is 1.29 bits per heavy atom. The van der Waals surface area contributed by atoms with Gasteiger partial charge in [0.25, 0.3) is 0 Å². The fraction of sp³-hybridized carbons (Fsp3) is 0.667. The summed E-state index contributed by atoms with van der Waals surface area (Å²) in [6, 6.07) is 6.32. The highest BCUT2D eigenvalue weighted by Gasteiger charge is 2.20. The van der Waals surface area contributed by atoms with Crippen LogP contribution in [0.3, 0.4) is 0 Å². The normalized spacial score (nSPS) is 16.7. The van der Waals surface area contributed by atoms with Gasteiger partial charge in [-0.05, 0) is 43.4 Å². The van der Waals surface area contributed by atoms with Gasteiger partial charge >= 0.3 is 0 Å². The van der Waals surface area contributed by atoms with E-state index in [4.69, 9.17) is 11.6 Å². The first-order valence-electron chi connectivity index (χ1n) is 8.34. The molecule has 1 saturated heterocycles. The molecule has 2 rings (SSSR count). The number of nitrogens with one attached hydrogen (secondary N) is 1. The molecule has 0 aromatic heterocycles. The van der Waals surface area contributed by atoms with Crippen LogP contribution in [0.5, 0.6) is 0 Å². The Bertz CT molecular complexity index is 437. The van der Waals surface area contributed by atoms with E-state index in [1.165, 1.54) is 30.5 Å². The standard InChI is InChI=1S/C18H29ClN2/c1-4-15-8-10-21(11-9-15)18-7-5-6-17(19)16(18)13-20-12-14(2)3/h5-7,14-15,20H,4,8-13H2,1-3H3. The fourth-order valence-electron chi connectivity index (χ4n) is 3.09. The Hall–Kier alpha value is -0.730. The summed E-state index contributed by atoms with van der Waals surface area (Å²) < 4.78 is 0. The maximum absolute atomic E-state index is 6.45. The van der Waals surface area contributed by atoms with Gasteiger partial charge in [-0.3, -0.25) is 0 Å². The molecule has 1 heterocycles. The Labute approximate surface area is 134 Å². The minimum Gasteiger partial charge on any atom is -0.371 e. The largest absolute Gasteiger partial charge is 0.371 e. The van der Waals surface area contributed by atoms with Gasteiger partial charge in [-0.25, -0.2) is 0 Å². The lowest BCUT2D eigenvalue weighted by Gasteiger charge is -2.34. The van der Waals surface area contributed by atoms with Crippen molar-refractivity contribution >= 4 is 17.3 Å². The maximum atomic E-state index is 6.45. The van der Waals surface area contributed by atoms with Crippen molar-refractivity contribution in [2.45, 2.75) is 46.6 Å². The van der Waals surface area contributed by atoms with Crippen LogP contribution in [0.4, 0.5) is 5.69 Å². The number of hydrogen-bond acceptors (Lipinski definition) is 2. The zero-order valence-corrected chi connectivity index (χ0v) is 14.4. The molecule has 2 nitrogen and oxygen atoms in total. The minimum absolute atomic E-state index is 0.663. The number of nitrogens with zero attached hydrogens (tertiary/aromatic N) is 1. The SMILES string of the molecule is CCC1CCN(c2cccc(Cl)c2CNCC(C)C)CC1. The molecule has 0 bridgehead atoms. The number of halogens is 1. The van der Waals surface area contributed by atoms with Gasteiger partial charge in [0.05, 0.1) is 0 Å². The first-order chi connectivity index (χ1) is 10.1. The Morgan fingerprint density at radius 3 is 2.62 bits per heavy atom. The van der Waals surface area contributed by atoms with Gasteiger partial charge in [0.15, 0.2) is 0 Å². The predicted molar refractivity (Wildman–Crippen MR) is 93.2 cm³/mol. The topological polar surface area (TPSA) is 15.3 Å². The van der Waals surface area contributed by atoms with Crippen molar-refractivity contribution in [3.63, 3.8) is 0 Å². The van der Waals surface area contributed by atoms with Crippen LogP contribution in [-0.2, 0) is 6.54 Å². The van der Waals surface area contributed by atoms with Crippen LogP contribution < -0.4 is 10.2 Å². The van der Waals surface area contributed by atoms with E-state index in [9.17, 15) is 0 Å². The summed E-state index contributed by atoms with van der Waals surface area (Å²) in [7, 11) is 0. The van der Waals surface area contributed by atoms with E-state index >= 15 is 0 Å². The molecule has 0 aliphatic carbocycles. The lowest BCUT2D eigenvalue weighted by Crippen LogP contribution is -2.34. The molecule has 21 heavy (non-hydrogen) atoms. The van der Waals surface area contributed by atoms with E-state index in [-0.39, 0.29) is 0 Å². The van der Waals surface area contributed by atoms with Gasteiger partial charge in [0.2, 0.25) is 0 Å². The molecular weight excluding hydrogens is 280 g/mol. The zero-order chi connectivity index (χ0) is 15.2. The summed E-state index contributed by atoms with van der Waals surface area (Å²) in [5, 5.41) is 4.42. The lowest BCUT2D eigenvalue weighted by molar-refractivity contribution is 0.394. The zero-order valence-electron chi connectivity index (χ0n) is 13.7. The molecule has 0 unspecified atom stereocenters. The number of hydrogen-bond donors (Lipinski definition) is 1. The van der Waals surface area contributed by atoms with Crippen LogP contribution in [0.15, 0.2) is 18.2 Å². The summed E-state index contributed by atoms with van der Waals surface area (Å²) in [4.78, 5) is 2.52. The first-order valence-corrected chi connectivity index (χ1v) is 8.72. The average Bonchev–Trinajstić information content (AvgIpc) is 2.48. The molecule has 0 radical (unpaired) electrons. The van der Waals surface area contributed by atoms with Crippen molar-refractivity contribution in [3.8, 4) is 0 Å². The number of piperidine rings is 1. The average molecular weight is 309 g/mol. The molecule has 1 N–H and O–H groups in total. The van der Waals surface area contributed by atoms with Gasteiger partial charge in [0, 0.05) is 35.9 Å². The molecule has 118 valence electrons. The van der Waals surface area contributed by atoms with Gasteiger partial charge in [-0.15, -0.1) is 0 Å². The lowest BCUT2D eigenvalue weighted by atomic mass is 9.93. The van der Waals surface area contributed by atoms with Crippen molar-refractivity contribution in [2.24, 2.45) is 11.8 Å². The van der Waals surface area contributed by atoms with Crippen LogP contribution >= 0.6 is 11.6 Å². The molecule has 0 spiro atoms. The minimum atomic E-state index is 0.663. The van der Waals surface area contributed by atoms with Gasteiger partial charge in [-0.1, -0.05) is 44.9 Å². The molecule has 1 aliphatic heterocycles. The van der Waals surface area contributed by atoms with Crippen LogP contribution in [-0.4, -0.2) is 19.6 Å². The Kier molecular flexibility index (Phi) is 6.38. The third kappa shape index (κ3) is 4.62. The number of rotatable bonds is 6. The van der Waals surface area contributed by atoms with E-state index < -0.39 is 0 Å². The van der Waals surface area contributed by atoms with Crippen molar-refractivity contribution in [1.82, 2.24) is 5.32 Å². The van der Waals surface area contributed by atoms with Crippen molar-refractivity contribution in [2.75, 3.05) is 24.5 Å². The molecule has 0 atom stereocenters. The summed E-state index contributed by atoms with van der Waals surface area (Å²) >= 11 is 6.45. The van der Waals surface area contributed by atoms with Crippen molar-refractivity contribution in [1.29, 1.82) is 0 Å². The van der Waals surface area contributed by atoms with Crippen molar-refractivity contribution in [3.05, 3.63) is 28.8 Å². The monoisotopic (exact) mass is 308 g/mol. The van der Waals surface area contributed by atoms with Crippen LogP contribution in [0, 0.1) is 11.8 Å². The maximum Gasteiger partial charge on any atom is 0.0471 e. The summed E-state index contributed by atoms with van der Waals surface area (Å²) in [5.74, 6) is 1.57. The summed E-state index contributed by atoms with van der Waals surface area (Å²) in [5.41, 5.74) is 2.59. The smallest absolute Gasteiger partial charge is 0.0471 e. The number of benzene rings is 1. The van der Waals surface area contributed by atoms with Gasteiger partial charge in [0.1, 0.15) is 0 Å². The van der Waals surface area contributed by atoms with Gasteiger partial charge in [-0.2, -0.15) is 0 Å². The molecule has 1 aliphatic rings. The molecule has 1 aromatic carbocycles. The van der Waals surface area contributed by atoms with E-state index in [1.807, 2.05) is 6.07 Å². The second kappa shape index (κ2) is 8.05. The van der Waals surface area contributed by atoms with E-state index in [0.717, 1.165) is 37.1 Å².